The van der Waals surface area contributed by atoms with Crippen LogP contribution in [0.5, 0.6) is 0 Å². The van der Waals surface area contributed by atoms with Crippen molar-refractivity contribution in [1.29, 1.82) is 0 Å². The molecule has 0 aliphatic heterocycles. The van der Waals surface area contributed by atoms with Gasteiger partial charge < -0.3 is 15.8 Å². The summed E-state index contributed by atoms with van der Waals surface area (Å²) < 4.78 is 0. The fraction of sp³-hybridized carbons (Fsp3) is 0.571. The molecule has 0 radical (unpaired) electrons. The summed E-state index contributed by atoms with van der Waals surface area (Å²) in [7, 11) is 2.01. The average molecular weight is 297 g/mol. The normalized spacial score (nSPS) is 23.6. The fourth-order valence-corrected chi connectivity index (χ4v) is 3.30. The summed E-state index contributed by atoms with van der Waals surface area (Å²) in [6, 6.07) is 2.08. The predicted molar refractivity (Wildman–Crippen MR) is 81.6 cm³/mol. The van der Waals surface area contributed by atoms with Crippen LogP contribution in [-0.2, 0) is 0 Å². The summed E-state index contributed by atoms with van der Waals surface area (Å²) in [4.78, 5) is 6.49. The first-order valence-corrected chi connectivity index (χ1v) is 7.29. The molecule has 0 amide bonds. The van der Waals surface area contributed by atoms with E-state index in [1.807, 2.05) is 7.05 Å². The molecule has 0 saturated heterocycles. The number of oxime groups is 1. The van der Waals surface area contributed by atoms with Gasteiger partial charge in [-0.3, -0.25) is 0 Å². The van der Waals surface area contributed by atoms with Crippen molar-refractivity contribution in [2.24, 2.45) is 16.8 Å². The van der Waals surface area contributed by atoms with Crippen LogP contribution in [0.4, 0.5) is 5.82 Å². The highest BCUT2D eigenvalue weighted by atomic mass is 35.5. The Morgan fingerprint density at radius 1 is 1.50 bits per heavy atom. The maximum absolute atomic E-state index is 8.80. The van der Waals surface area contributed by atoms with Crippen molar-refractivity contribution in [2.45, 2.75) is 38.6 Å². The van der Waals surface area contributed by atoms with Crippen LogP contribution >= 0.6 is 11.6 Å². The highest BCUT2D eigenvalue weighted by molar-refractivity contribution is 6.36. The van der Waals surface area contributed by atoms with Gasteiger partial charge in [0, 0.05) is 24.8 Å². The smallest absolute Gasteiger partial charge is 0.171 e. The predicted octanol–water partition coefficient (Wildman–Crippen LogP) is 2.84. The van der Waals surface area contributed by atoms with Gasteiger partial charge in [0.2, 0.25) is 0 Å². The van der Waals surface area contributed by atoms with E-state index in [2.05, 4.69) is 22.0 Å². The largest absolute Gasteiger partial charge is 0.409 e. The molecule has 0 spiro atoms. The van der Waals surface area contributed by atoms with Crippen LogP contribution in [0.25, 0.3) is 0 Å². The molecule has 1 heterocycles. The van der Waals surface area contributed by atoms with E-state index in [1.54, 1.807) is 12.3 Å². The van der Waals surface area contributed by atoms with Crippen molar-refractivity contribution in [3.8, 4) is 0 Å². The Hall–Kier alpha value is -1.49. The number of hydrogen-bond acceptors (Lipinski definition) is 4. The average Bonchev–Trinajstić information content (AvgIpc) is 2.46. The monoisotopic (exact) mass is 296 g/mol. The first-order chi connectivity index (χ1) is 9.56. The fourth-order valence-electron chi connectivity index (χ4n) is 2.96. The maximum Gasteiger partial charge on any atom is 0.171 e. The van der Waals surface area contributed by atoms with Crippen molar-refractivity contribution in [3.63, 3.8) is 0 Å². The lowest BCUT2D eigenvalue weighted by Gasteiger charge is -2.37. The number of nitrogens with two attached hydrogens (primary N) is 1. The van der Waals surface area contributed by atoms with E-state index in [0.717, 1.165) is 6.42 Å². The van der Waals surface area contributed by atoms with Crippen LogP contribution in [-0.4, -0.2) is 29.1 Å². The van der Waals surface area contributed by atoms with Crippen LogP contribution < -0.4 is 10.6 Å². The van der Waals surface area contributed by atoms with Gasteiger partial charge in [0.05, 0.1) is 5.02 Å². The highest BCUT2D eigenvalue weighted by Crippen LogP contribution is 2.33. The standard InChI is InChI=1S/C14H21ClN4O/c1-9-5-3-4-6-11(9)19(2)14-12(15)10(7-8-17-14)13(16)18-20/h7-9,11,20H,3-6H2,1-2H3,(H2,16,18). The number of anilines is 1. The molecule has 0 aromatic carbocycles. The second-order valence-electron chi connectivity index (χ2n) is 5.42. The van der Waals surface area contributed by atoms with Gasteiger partial charge >= 0.3 is 0 Å². The van der Waals surface area contributed by atoms with Crippen molar-refractivity contribution >= 4 is 23.3 Å². The minimum absolute atomic E-state index is 0.00347. The van der Waals surface area contributed by atoms with E-state index in [9.17, 15) is 0 Å². The number of aromatic nitrogens is 1. The van der Waals surface area contributed by atoms with Gasteiger partial charge in [-0.05, 0) is 24.8 Å². The Labute approximate surface area is 124 Å². The molecule has 1 fully saturated rings. The summed E-state index contributed by atoms with van der Waals surface area (Å²) in [5.41, 5.74) is 6.15. The molecule has 2 atom stereocenters. The molecule has 5 nitrogen and oxygen atoms in total. The lowest BCUT2D eigenvalue weighted by atomic mass is 9.85. The summed E-state index contributed by atoms with van der Waals surface area (Å²) in [6.07, 6.45) is 6.53. The van der Waals surface area contributed by atoms with Gasteiger partial charge in [-0.1, -0.05) is 36.5 Å². The van der Waals surface area contributed by atoms with E-state index in [-0.39, 0.29) is 5.84 Å². The molecule has 110 valence electrons. The van der Waals surface area contributed by atoms with Gasteiger partial charge in [-0.15, -0.1) is 0 Å². The molecule has 2 unspecified atom stereocenters. The number of rotatable bonds is 3. The molecule has 2 rings (SSSR count). The van der Waals surface area contributed by atoms with Crippen LogP contribution in [0.2, 0.25) is 5.02 Å². The first kappa shape index (κ1) is 14.9. The van der Waals surface area contributed by atoms with E-state index in [0.29, 0.717) is 28.4 Å². The van der Waals surface area contributed by atoms with Crippen LogP contribution in [0, 0.1) is 5.92 Å². The lowest BCUT2D eigenvalue weighted by Crippen LogP contribution is -2.39. The summed E-state index contributed by atoms with van der Waals surface area (Å²) in [5.74, 6) is 1.30. The maximum atomic E-state index is 8.80. The molecule has 1 aromatic rings. The molecule has 20 heavy (non-hydrogen) atoms. The highest BCUT2D eigenvalue weighted by Gasteiger charge is 2.27. The lowest BCUT2D eigenvalue weighted by molar-refractivity contribution is 0.318. The van der Waals surface area contributed by atoms with Crippen molar-refractivity contribution in [1.82, 2.24) is 4.98 Å². The number of halogens is 1. The Morgan fingerprint density at radius 2 is 2.20 bits per heavy atom. The number of amidine groups is 1. The summed E-state index contributed by atoms with van der Waals surface area (Å²) >= 11 is 6.37. The van der Waals surface area contributed by atoms with Gasteiger partial charge in [0.15, 0.2) is 5.84 Å². The zero-order chi connectivity index (χ0) is 14.7. The van der Waals surface area contributed by atoms with Crippen molar-refractivity contribution in [3.05, 3.63) is 22.8 Å². The minimum Gasteiger partial charge on any atom is -0.409 e. The molecule has 0 bridgehead atoms. The first-order valence-electron chi connectivity index (χ1n) is 6.91. The number of nitrogens with zero attached hydrogens (tertiary/aromatic N) is 3. The second-order valence-corrected chi connectivity index (χ2v) is 5.80. The minimum atomic E-state index is 0.00347. The third kappa shape index (κ3) is 2.82. The molecule has 1 saturated carbocycles. The van der Waals surface area contributed by atoms with Gasteiger partial charge in [-0.25, -0.2) is 4.98 Å². The van der Waals surface area contributed by atoms with Gasteiger partial charge in [-0.2, -0.15) is 0 Å². The topological polar surface area (TPSA) is 74.7 Å². The third-order valence-electron chi connectivity index (χ3n) is 4.15. The zero-order valence-corrected chi connectivity index (χ0v) is 12.6. The molecule has 1 aliphatic carbocycles. The Bertz CT molecular complexity index is 506. The number of hydrogen-bond donors (Lipinski definition) is 2. The van der Waals surface area contributed by atoms with Gasteiger partial charge in [0.25, 0.3) is 0 Å². The molecular formula is C14H21ClN4O. The molecular weight excluding hydrogens is 276 g/mol. The quantitative estimate of drug-likeness (QED) is 0.389. The van der Waals surface area contributed by atoms with Gasteiger partial charge in [0.1, 0.15) is 5.82 Å². The SMILES string of the molecule is CC1CCCCC1N(C)c1nccc(/C(N)=N/O)c1Cl. The molecule has 1 aliphatic rings. The van der Waals surface area contributed by atoms with E-state index in [4.69, 9.17) is 22.5 Å². The number of pyridine rings is 1. The Morgan fingerprint density at radius 3 is 2.85 bits per heavy atom. The zero-order valence-electron chi connectivity index (χ0n) is 11.9. The van der Waals surface area contributed by atoms with E-state index < -0.39 is 0 Å². The van der Waals surface area contributed by atoms with Crippen LogP contribution in [0.15, 0.2) is 17.4 Å². The molecule has 3 N–H and O–H groups in total. The Balaban J connectivity index is 2.32. The van der Waals surface area contributed by atoms with Crippen LogP contribution in [0.1, 0.15) is 38.2 Å². The third-order valence-corrected chi connectivity index (χ3v) is 4.52. The summed E-state index contributed by atoms with van der Waals surface area (Å²) in [5, 5.41) is 12.2. The second kappa shape index (κ2) is 6.31. The van der Waals surface area contributed by atoms with Crippen LogP contribution in [0.3, 0.4) is 0 Å². The molecule has 6 heteroatoms. The van der Waals surface area contributed by atoms with E-state index >= 15 is 0 Å². The van der Waals surface area contributed by atoms with Crippen molar-refractivity contribution in [2.75, 3.05) is 11.9 Å². The summed E-state index contributed by atoms with van der Waals surface area (Å²) in [6.45, 7) is 2.27. The molecule has 1 aromatic heterocycles. The Kier molecular flexibility index (Phi) is 4.70. The van der Waals surface area contributed by atoms with E-state index in [1.165, 1.54) is 19.3 Å². The van der Waals surface area contributed by atoms with Crippen molar-refractivity contribution < 1.29 is 5.21 Å².